The van der Waals surface area contributed by atoms with E-state index in [0.717, 1.165) is 11.1 Å². The highest BCUT2D eigenvalue weighted by Crippen LogP contribution is 2.30. The van der Waals surface area contributed by atoms with E-state index in [1.807, 2.05) is 6.07 Å². The van der Waals surface area contributed by atoms with E-state index in [1.54, 1.807) is 48.5 Å². The van der Waals surface area contributed by atoms with Crippen molar-refractivity contribution in [3.8, 4) is 11.5 Å². The van der Waals surface area contributed by atoms with Crippen molar-refractivity contribution in [3.05, 3.63) is 89.2 Å². The van der Waals surface area contributed by atoms with Crippen molar-refractivity contribution in [2.75, 3.05) is 19.0 Å². The summed E-state index contributed by atoms with van der Waals surface area (Å²) in [6.07, 6.45) is 0.489. The summed E-state index contributed by atoms with van der Waals surface area (Å²) in [6.45, 7) is 0.590. The van der Waals surface area contributed by atoms with Gasteiger partial charge in [-0.1, -0.05) is 24.3 Å². The third-order valence-electron chi connectivity index (χ3n) is 5.33. The predicted molar refractivity (Wildman–Crippen MR) is 118 cm³/mol. The van der Waals surface area contributed by atoms with Gasteiger partial charge in [-0.2, -0.15) is 0 Å². The topological polar surface area (TPSA) is 76.7 Å². The van der Waals surface area contributed by atoms with Gasteiger partial charge in [0.15, 0.2) is 0 Å². The maximum Gasteiger partial charge on any atom is 0.259 e. The Bertz CT molecular complexity index is 1130. The van der Waals surface area contributed by atoms with Crippen LogP contribution >= 0.6 is 0 Å². The van der Waals surface area contributed by atoms with E-state index in [4.69, 9.17) is 9.47 Å². The van der Waals surface area contributed by atoms with Crippen LogP contribution in [0.3, 0.4) is 0 Å². The molecule has 1 heterocycles. The molecule has 1 atom stereocenters. The van der Waals surface area contributed by atoms with E-state index >= 15 is 0 Å². The average Bonchev–Trinajstić information content (AvgIpc) is 2.83. The fourth-order valence-electron chi connectivity index (χ4n) is 3.61. The van der Waals surface area contributed by atoms with Crippen LogP contribution in [0.2, 0.25) is 0 Å². The van der Waals surface area contributed by atoms with E-state index in [9.17, 15) is 14.0 Å². The number of benzene rings is 3. The molecule has 1 aliphatic heterocycles. The lowest BCUT2D eigenvalue weighted by molar-refractivity contribution is -0.126. The van der Waals surface area contributed by atoms with Crippen molar-refractivity contribution in [1.82, 2.24) is 5.32 Å². The van der Waals surface area contributed by atoms with Gasteiger partial charge >= 0.3 is 0 Å². The molecule has 2 N–H and O–H groups in total. The number of halogens is 1. The number of methoxy groups -OCH3 is 1. The second-order valence-electron chi connectivity index (χ2n) is 7.53. The summed E-state index contributed by atoms with van der Waals surface area (Å²) in [5.41, 5.74) is 2.70. The fraction of sp³-hybridized carbons (Fsp3) is 0.200. The first kappa shape index (κ1) is 21.4. The molecule has 3 aromatic rings. The van der Waals surface area contributed by atoms with Gasteiger partial charge in [0, 0.05) is 12.2 Å². The quantitative estimate of drug-likeness (QED) is 0.616. The minimum atomic E-state index is -0.358. The molecule has 1 aliphatic rings. The van der Waals surface area contributed by atoms with Crippen LogP contribution in [-0.2, 0) is 17.8 Å². The van der Waals surface area contributed by atoms with Crippen LogP contribution in [0.1, 0.15) is 21.5 Å². The molecule has 3 aromatic carbocycles. The summed E-state index contributed by atoms with van der Waals surface area (Å²) in [7, 11) is 1.52. The zero-order chi connectivity index (χ0) is 22.5. The van der Waals surface area contributed by atoms with Gasteiger partial charge in [0.1, 0.15) is 23.9 Å². The standard InChI is InChI=1S/C25H23FN2O4/c1-31-23-5-3-2-4-21(23)25(30)28-20-10-11-22-17(13-20)12-18(15-32-22)24(29)27-14-16-6-8-19(26)9-7-16/h2-11,13,18H,12,14-15H2,1H3,(H,27,29)(H,28,30). The van der Waals surface area contributed by atoms with Crippen LogP contribution in [0.4, 0.5) is 10.1 Å². The Balaban J connectivity index is 1.40. The molecule has 0 radical (unpaired) electrons. The van der Waals surface area contributed by atoms with Crippen molar-refractivity contribution in [2.24, 2.45) is 5.92 Å². The number of hydrogen-bond donors (Lipinski definition) is 2. The number of ether oxygens (including phenoxy) is 2. The molecule has 1 unspecified atom stereocenters. The van der Waals surface area contributed by atoms with Gasteiger partial charge < -0.3 is 20.1 Å². The van der Waals surface area contributed by atoms with Crippen molar-refractivity contribution in [3.63, 3.8) is 0 Å². The average molecular weight is 434 g/mol. The molecule has 2 amide bonds. The Labute approximate surface area is 185 Å². The number of rotatable bonds is 6. The zero-order valence-corrected chi connectivity index (χ0v) is 17.6. The summed E-state index contributed by atoms with van der Waals surface area (Å²) < 4.78 is 24.0. The molecule has 32 heavy (non-hydrogen) atoms. The van der Waals surface area contributed by atoms with E-state index in [1.165, 1.54) is 19.2 Å². The maximum absolute atomic E-state index is 13.0. The van der Waals surface area contributed by atoms with Crippen molar-refractivity contribution < 1.29 is 23.5 Å². The number of nitrogens with one attached hydrogen (secondary N) is 2. The fourth-order valence-corrected chi connectivity index (χ4v) is 3.61. The molecule has 7 heteroatoms. The Kier molecular flexibility index (Phi) is 6.35. The van der Waals surface area contributed by atoms with Crippen molar-refractivity contribution in [2.45, 2.75) is 13.0 Å². The van der Waals surface area contributed by atoms with E-state index in [0.29, 0.717) is 35.7 Å². The van der Waals surface area contributed by atoms with Gasteiger partial charge in [-0.05, 0) is 60.0 Å². The summed E-state index contributed by atoms with van der Waals surface area (Å²) >= 11 is 0. The normalized spacial score (nSPS) is 14.6. The lowest BCUT2D eigenvalue weighted by atomic mass is 9.95. The lowest BCUT2D eigenvalue weighted by Crippen LogP contribution is -2.37. The number of carbonyl (C=O) groups is 2. The zero-order valence-electron chi connectivity index (χ0n) is 17.6. The third-order valence-corrected chi connectivity index (χ3v) is 5.33. The maximum atomic E-state index is 13.0. The van der Waals surface area contributed by atoms with Crippen molar-refractivity contribution >= 4 is 17.5 Å². The minimum Gasteiger partial charge on any atom is -0.496 e. The van der Waals surface area contributed by atoms with Gasteiger partial charge in [0.2, 0.25) is 5.91 Å². The van der Waals surface area contributed by atoms with E-state index in [2.05, 4.69) is 10.6 Å². The highest BCUT2D eigenvalue weighted by atomic mass is 19.1. The number of amides is 2. The largest absolute Gasteiger partial charge is 0.496 e. The van der Waals surface area contributed by atoms with Crippen LogP contribution in [0, 0.1) is 11.7 Å². The molecule has 0 aliphatic carbocycles. The summed E-state index contributed by atoms with van der Waals surface area (Å²) in [6, 6.07) is 18.4. The summed E-state index contributed by atoms with van der Waals surface area (Å²) in [4.78, 5) is 25.3. The lowest BCUT2D eigenvalue weighted by Gasteiger charge is -2.25. The molecular weight excluding hydrogens is 411 g/mol. The van der Waals surface area contributed by atoms with Gasteiger partial charge in [-0.3, -0.25) is 9.59 Å². The minimum absolute atomic E-state index is 0.136. The number of hydrogen-bond acceptors (Lipinski definition) is 4. The molecule has 0 saturated heterocycles. The Morgan fingerprint density at radius 3 is 2.66 bits per heavy atom. The molecule has 164 valence electrons. The van der Waals surface area contributed by atoms with E-state index in [-0.39, 0.29) is 30.2 Å². The Morgan fingerprint density at radius 1 is 1.09 bits per heavy atom. The van der Waals surface area contributed by atoms with Crippen LogP contribution in [-0.4, -0.2) is 25.5 Å². The van der Waals surface area contributed by atoms with Gasteiger partial charge in [0.05, 0.1) is 18.6 Å². The second kappa shape index (κ2) is 9.51. The first-order chi connectivity index (χ1) is 15.5. The summed E-state index contributed by atoms with van der Waals surface area (Å²) in [5.74, 6) is 0.0947. The molecule has 0 spiro atoms. The smallest absolute Gasteiger partial charge is 0.259 e. The van der Waals surface area contributed by atoms with E-state index < -0.39 is 0 Å². The molecule has 0 bridgehead atoms. The second-order valence-corrected chi connectivity index (χ2v) is 7.53. The number of fused-ring (bicyclic) bond motifs is 1. The Morgan fingerprint density at radius 2 is 1.88 bits per heavy atom. The van der Waals surface area contributed by atoms with Crippen molar-refractivity contribution in [1.29, 1.82) is 0 Å². The number of anilines is 1. The monoisotopic (exact) mass is 434 g/mol. The van der Waals surface area contributed by atoms with Gasteiger partial charge in [0.25, 0.3) is 5.91 Å². The highest BCUT2D eigenvalue weighted by Gasteiger charge is 2.26. The molecule has 4 rings (SSSR count). The third kappa shape index (κ3) is 4.88. The Hall–Kier alpha value is -3.87. The molecule has 0 fully saturated rings. The molecular formula is C25H23FN2O4. The molecule has 6 nitrogen and oxygen atoms in total. The van der Waals surface area contributed by atoms with Crippen LogP contribution < -0.4 is 20.1 Å². The van der Waals surface area contributed by atoms with Gasteiger partial charge in [-0.25, -0.2) is 4.39 Å². The van der Waals surface area contributed by atoms with Crippen LogP contribution in [0.15, 0.2) is 66.7 Å². The first-order valence-electron chi connectivity index (χ1n) is 10.3. The predicted octanol–water partition coefficient (Wildman–Crippen LogP) is 3.95. The highest BCUT2D eigenvalue weighted by molar-refractivity contribution is 6.06. The first-order valence-corrected chi connectivity index (χ1v) is 10.3. The van der Waals surface area contributed by atoms with Crippen LogP contribution in [0.5, 0.6) is 11.5 Å². The van der Waals surface area contributed by atoms with Crippen LogP contribution in [0.25, 0.3) is 0 Å². The molecule has 0 aromatic heterocycles. The number of para-hydroxylation sites is 1. The molecule has 0 saturated carbocycles. The summed E-state index contributed by atoms with van der Waals surface area (Å²) in [5, 5.41) is 5.75. The number of carbonyl (C=O) groups excluding carboxylic acids is 2. The SMILES string of the molecule is COc1ccccc1C(=O)Nc1ccc2c(c1)CC(C(=O)NCc1ccc(F)cc1)CO2. The van der Waals surface area contributed by atoms with Gasteiger partial charge in [-0.15, -0.1) is 0 Å².